The molecule has 26 heavy (non-hydrogen) atoms. The zero-order chi connectivity index (χ0) is 20.5. The molecule has 0 aromatic heterocycles. The highest BCUT2D eigenvalue weighted by Gasteiger charge is 2.36. The number of nitrogens with one attached hydrogen (secondary N) is 1. The van der Waals surface area contributed by atoms with Gasteiger partial charge in [-0.3, -0.25) is 4.79 Å². The molecule has 0 saturated heterocycles. The summed E-state index contributed by atoms with van der Waals surface area (Å²) in [5.74, 6) is -2.51. The van der Waals surface area contributed by atoms with Crippen molar-refractivity contribution in [3.05, 3.63) is 47.0 Å². The fraction of sp³-hybridized carbons (Fsp3) is 0.214. The number of alkyl halides is 6. The van der Waals surface area contributed by atoms with Crippen molar-refractivity contribution in [2.45, 2.75) is 18.9 Å². The first kappa shape index (κ1) is 23.0. The van der Waals surface area contributed by atoms with Crippen LogP contribution in [0.3, 0.4) is 0 Å². The van der Waals surface area contributed by atoms with Crippen molar-refractivity contribution in [1.29, 1.82) is 0 Å². The third-order valence-corrected chi connectivity index (χ3v) is 2.41. The second kappa shape index (κ2) is 9.44. The number of carboxylic acid groups (broad SMARTS) is 2. The summed E-state index contributed by atoms with van der Waals surface area (Å²) in [6.45, 7) is -0.406. The van der Waals surface area contributed by atoms with E-state index in [9.17, 15) is 40.7 Å². The lowest BCUT2D eigenvalue weighted by molar-refractivity contribution is -0.143. The molecule has 0 fully saturated rings. The summed E-state index contributed by atoms with van der Waals surface area (Å²) in [6.07, 6.45) is -8.45. The van der Waals surface area contributed by atoms with Gasteiger partial charge in [0.25, 0.3) is 0 Å². The van der Waals surface area contributed by atoms with Crippen LogP contribution < -0.4 is 5.32 Å². The van der Waals surface area contributed by atoms with Gasteiger partial charge in [0.1, 0.15) is 0 Å². The van der Waals surface area contributed by atoms with Crippen molar-refractivity contribution in [2.24, 2.45) is 0 Å². The number of halogens is 6. The molecular weight excluding hydrogens is 376 g/mol. The molecule has 0 aliphatic rings. The lowest BCUT2D eigenvalue weighted by Crippen LogP contribution is -2.15. The number of carboxylic acids is 2. The van der Waals surface area contributed by atoms with Gasteiger partial charge in [-0.05, 0) is 23.8 Å². The van der Waals surface area contributed by atoms with Gasteiger partial charge in [0.05, 0.1) is 11.1 Å². The molecule has 0 radical (unpaired) electrons. The van der Waals surface area contributed by atoms with E-state index in [1.165, 1.54) is 0 Å². The van der Waals surface area contributed by atoms with E-state index in [0.717, 1.165) is 0 Å². The van der Waals surface area contributed by atoms with Crippen LogP contribution >= 0.6 is 0 Å². The van der Waals surface area contributed by atoms with Crippen LogP contribution in [0.1, 0.15) is 16.7 Å². The predicted molar refractivity (Wildman–Crippen MR) is 73.8 cm³/mol. The van der Waals surface area contributed by atoms with E-state index in [-0.39, 0.29) is 18.0 Å². The Morgan fingerprint density at radius 1 is 0.885 bits per heavy atom. The minimum Gasteiger partial charge on any atom is -0.478 e. The molecule has 0 heterocycles. The summed E-state index contributed by atoms with van der Waals surface area (Å²) in [4.78, 5) is 29.1. The van der Waals surface area contributed by atoms with Crippen LogP contribution in [0.2, 0.25) is 0 Å². The van der Waals surface area contributed by atoms with Gasteiger partial charge < -0.3 is 15.5 Å². The third-order valence-electron chi connectivity index (χ3n) is 2.41. The minimum atomic E-state index is -4.88. The molecule has 1 rings (SSSR count). The zero-order valence-electron chi connectivity index (χ0n) is 12.6. The van der Waals surface area contributed by atoms with E-state index in [0.29, 0.717) is 24.3 Å². The summed E-state index contributed by atoms with van der Waals surface area (Å²) in [6, 6.07) is 1.15. The van der Waals surface area contributed by atoms with Gasteiger partial charge in [-0.15, -0.1) is 0 Å². The maximum atomic E-state index is 12.4. The molecule has 1 amide bonds. The fourth-order valence-corrected chi connectivity index (χ4v) is 1.42. The molecule has 0 bridgehead atoms. The van der Waals surface area contributed by atoms with Crippen LogP contribution in [0.25, 0.3) is 0 Å². The number of rotatable bonds is 5. The highest BCUT2D eigenvalue weighted by molar-refractivity contribution is 5.89. The van der Waals surface area contributed by atoms with E-state index in [4.69, 9.17) is 10.2 Å². The van der Waals surface area contributed by atoms with Crippen molar-refractivity contribution in [3.63, 3.8) is 0 Å². The molecule has 6 nitrogen and oxygen atoms in total. The highest BCUT2D eigenvalue weighted by atomic mass is 19.4. The molecule has 12 heteroatoms. The Hall–Kier alpha value is -3.05. The van der Waals surface area contributed by atoms with Crippen molar-refractivity contribution >= 4 is 18.3 Å². The molecule has 0 spiro atoms. The number of aliphatic carboxylic acids is 2. The Balaban J connectivity index is 0.000000660. The van der Waals surface area contributed by atoms with Crippen LogP contribution in [0.4, 0.5) is 26.3 Å². The van der Waals surface area contributed by atoms with Crippen molar-refractivity contribution in [1.82, 2.24) is 5.32 Å². The van der Waals surface area contributed by atoms with Gasteiger partial charge in [0.15, 0.2) is 0 Å². The van der Waals surface area contributed by atoms with E-state index in [1.54, 1.807) is 0 Å². The summed E-state index contributed by atoms with van der Waals surface area (Å²) >= 11 is 0. The average Bonchev–Trinajstić information content (AvgIpc) is 2.49. The first-order valence-electron chi connectivity index (χ1n) is 6.36. The average molecular weight is 387 g/mol. The monoisotopic (exact) mass is 387 g/mol. The smallest absolute Gasteiger partial charge is 0.416 e. The summed E-state index contributed by atoms with van der Waals surface area (Å²) in [5.41, 5.74) is -3.08. The molecule has 0 aliphatic carbocycles. The van der Waals surface area contributed by atoms with Gasteiger partial charge in [-0.1, -0.05) is 0 Å². The van der Waals surface area contributed by atoms with E-state index < -0.39 is 42.0 Å². The third kappa shape index (κ3) is 9.30. The summed E-state index contributed by atoms with van der Waals surface area (Å²) in [7, 11) is 0. The number of carbonyl (C=O) groups excluding carboxylic acids is 1. The van der Waals surface area contributed by atoms with E-state index >= 15 is 0 Å². The lowest BCUT2D eigenvalue weighted by Gasteiger charge is -2.13. The summed E-state index contributed by atoms with van der Waals surface area (Å²) < 4.78 is 74.4. The maximum Gasteiger partial charge on any atom is 0.416 e. The quantitative estimate of drug-likeness (QED) is 0.410. The molecule has 0 saturated carbocycles. The molecule has 1 aromatic carbocycles. The molecule has 0 atom stereocenters. The number of hydrogen-bond acceptors (Lipinski definition) is 3. The van der Waals surface area contributed by atoms with Crippen LogP contribution in [0.5, 0.6) is 0 Å². The highest BCUT2D eigenvalue weighted by Crippen LogP contribution is 2.36. The molecular formula is C14H11F6NO5. The first-order valence-corrected chi connectivity index (χ1v) is 6.36. The van der Waals surface area contributed by atoms with Crippen LogP contribution in [-0.4, -0.2) is 28.6 Å². The van der Waals surface area contributed by atoms with Crippen LogP contribution in [0, 0.1) is 0 Å². The second-order valence-electron chi connectivity index (χ2n) is 4.42. The SMILES string of the molecule is O=C(O)/C=C/C(=O)O.O=CNCc1cc(C(F)(F)F)cc(C(F)(F)F)c1. The van der Waals surface area contributed by atoms with Gasteiger partial charge in [-0.2, -0.15) is 26.3 Å². The summed E-state index contributed by atoms with van der Waals surface area (Å²) in [5, 5.41) is 17.6. The van der Waals surface area contributed by atoms with Gasteiger partial charge in [-0.25, -0.2) is 9.59 Å². The number of hydrogen-bond donors (Lipinski definition) is 3. The zero-order valence-corrected chi connectivity index (χ0v) is 12.6. The van der Waals surface area contributed by atoms with Gasteiger partial charge in [0.2, 0.25) is 6.41 Å². The van der Waals surface area contributed by atoms with E-state index in [1.807, 2.05) is 5.32 Å². The Kier molecular flexibility index (Phi) is 8.33. The van der Waals surface area contributed by atoms with E-state index in [2.05, 4.69) is 0 Å². The molecule has 3 N–H and O–H groups in total. The van der Waals surface area contributed by atoms with Gasteiger partial charge in [0, 0.05) is 18.7 Å². The second-order valence-corrected chi connectivity index (χ2v) is 4.42. The lowest BCUT2D eigenvalue weighted by atomic mass is 10.0. The fourth-order valence-electron chi connectivity index (χ4n) is 1.42. The largest absolute Gasteiger partial charge is 0.478 e. The molecule has 1 aromatic rings. The molecule has 0 unspecified atom stereocenters. The Labute approximate surface area is 141 Å². The first-order chi connectivity index (χ1) is 11.8. The number of amides is 1. The Bertz CT molecular complexity index is 633. The topological polar surface area (TPSA) is 104 Å². The molecule has 0 aliphatic heterocycles. The van der Waals surface area contributed by atoms with Crippen LogP contribution in [-0.2, 0) is 33.3 Å². The minimum absolute atomic E-state index is 0.0322. The predicted octanol–water partition coefficient (Wildman–Crippen LogP) is 2.68. The van der Waals surface area contributed by atoms with Gasteiger partial charge >= 0.3 is 24.3 Å². The van der Waals surface area contributed by atoms with Crippen molar-refractivity contribution < 1.29 is 50.9 Å². The number of benzene rings is 1. The van der Waals surface area contributed by atoms with Crippen LogP contribution in [0.15, 0.2) is 30.4 Å². The normalized spacial score (nSPS) is 11.5. The number of carbonyl (C=O) groups is 3. The van der Waals surface area contributed by atoms with Crippen molar-refractivity contribution in [2.75, 3.05) is 0 Å². The molecule has 144 valence electrons. The van der Waals surface area contributed by atoms with Crippen molar-refractivity contribution in [3.8, 4) is 0 Å². The maximum absolute atomic E-state index is 12.4. The Morgan fingerprint density at radius 2 is 1.27 bits per heavy atom. The standard InChI is InChI=1S/C10H7F6NO.C4H4O4/c11-9(12,13)7-1-6(4-17-5-18)2-8(3-7)10(14,15)16;5-3(6)1-2-4(7)8/h1-3,5H,4H2,(H,17,18);1-2H,(H,5,6)(H,7,8)/b;2-1+. The Morgan fingerprint density at radius 3 is 1.54 bits per heavy atom.